The van der Waals surface area contributed by atoms with E-state index in [0.29, 0.717) is 12.8 Å². The Labute approximate surface area is 154 Å². The van der Waals surface area contributed by atoms with Gasteiger partial charge in [0.15, 0.2) is 5.78 Å². The lowest BCUT2D eigenvalue weighted by atomic mass is 9.61. The number of carbonyl (C=O) groups is 2. The third-order valence-electron chi connectivity index (χ3n) is 5.49. The summed E-state index contributed by atoms with van der Waals surface area (Å²) < 4.78 is 5.55. The van der Waals surface area contributed by atoms with Gasteiger partial charge in [0.1, 0.15) is 12.2 Å². The van der Waals surface area contributed by atoms with Crippen LogP contribution in [0.15, 0.2) is 48.1 Å². The zero-order valence-corrected chi connectivity index (χ0v) is 15.6. The number of allylic oxidation sites excluding steroid dienone is 5. The van der Waals surface area contributed by atoms with Gasteiger partial charge in [0.25, 0.3) is 0 Å². The monoisotopic (exact) mass is 360 g/mol. The molecule has 5 heteroatoms. The lowest BCUT2D eigenvalue weighted by molar-refractivity contribution is -0.145. The maximum absolute atomic E-state index is 12.1. The molecule has 0 saturated heterocycles. The van der Waals surface area contributed by atoms with Crippen LogP contribution in [0, 0.1) is 17.3 Å². The molecule has 0 fully saturated rings. The minimum absolute atomic E-state index is 0.0565. The summed E-state index contributed by atoms with van der Waals surface area (Å²) in [5, 5.41) is 18.8. The van der Waals surface area contributed by atoms with Crippen LogP contribution >= 0.6 is 0 Å². The van der Waals surface area contributed by atoms with Crippen molar-refractivity contribution in [2.45, 2.75) is 45.8 Å². The largest absolute Gasteiger partial charge is 0.455 e. The molecule has 5 atom stereocenters. The van der Waals surface area contributed by atoms with E-state index in [4.69, 9.17) is 9.84 Å². The van der Waals surface area contributed by atoms with Crippen molar-refractivity contribution >= 4 is 11.8 Å². The molecule has 0 aromatic carbocycles. The van der Waals surface area contributed by atoms with E-state index in [1.54, 1.807) is 18.2 Å². The van der Waals surface area contributed by atoms with Gasteiger partial charge in [-0.15, -0.1) is 0 Å². The normalized spacial score (nSPS) is 32.6. The summed E-state index contributed by atoms with van der Waals surface area (Å²) in [5.74, 6) is -0.518. The van der Waals surface area contributed by atoms with Gasteiger partial charge in [-0.05, 0) is 36.5 Å². The molecular weight excluding hydrogens is 332 g/mol. The molecule has 2 rings (SSSR count). The van der Waals surface area contributed by atoms with E-state index in [0.717, 1.165) is 5.57 Å². The van der Waals surface area contributed by atoms with Gasteiger partial charge in [0, 0.05) is 24.0 Å². The Balaban J connectivity index is 2.00. The quantitative estimate of drug-likeness (QED) is 0.432. The van der Waals surface area contributed by atoms with Crippen LogP contribution < -0.4 is 0 Å². The van der Waals surface area contributed by atoms with Crippen molar-refractivity contribution < 1.29 is 24.5 Å². The molecule has 0 spiro atoms. The number of ether oxygens (including phenoxy) is 1. The highest BCUT2D eigenvalue weighted by Crippen LogP contribution is 2.48. The van der Waals surface area contributed by atoms with E-state index in [-0.39, 0.29) is 24.2 Å². The number of rotatable bonds is 6. The highest BCUT2D eigenvalue weighted by Gasteiger charge is 2.46. The molecule has 5 nitrogen and oxygen atoms in total. The number of aliphatic hydroxyl groups is 2. The predicted octanol–water partition coefficient (Wildman–Crippen LogP) is 2.50. The molecule has 0 aromatic rings. The molecule has 2 aliphatic rings. The Morgan fingerprint density at radius 2 is 2.19 bits per heavy atom. The first-order chi connectivity index (χ1) is 12.3. The van der Waals surface area contributed by atoms with Crippen molar-refractivity contribution in [3.05, 3.63) is 48.1 Å². The number of hydrogen-bond acceptors (Lipinski definition) is 5. The molecular formula is C21H28O5. The Kier molecular flexibility index (Phi) is 6.73. The highest BCUT2D eigenvalue weighted by atomic mass is 16.5. The number of aliphatic hydroxyl groups excluding tert-OH is 2. The second kappa shape index (κ2) is 8.60. The van der Waals surface area contributed by atoms with Crippen molar-refractivity contribution in [3.8, 4) is 0 Å². The van der Waals surface area contributed by atoms with E-state index >= 15 is 0 Å². The molecule has 2 aliphatic carbocycles. The Morgan fingerprint density at radius 1 is 1.46 bits per heavy atom. The number of fused-ring (bicyclic) bond motifs is 1. The van der Waals surface area contributed by atoms with E-state index < -0.39 is 23.6 Å². The molecule has 0 aliphatic heterocycles. The molecule has 0 amide bonds. The van der Waals surface area contributed by atoms with Crippen LogP contribution in [-0.4, -0.2) is 40.8 Å². The van der Waals surface area contributed by atoms with Gasteiger partial charge in [-0.1, -0.05) is 45.1 Å². The van der Waals surface area contributed by atoms with Gasteiger partial charge < -0.3 is 14.9 Å². The van der Waals surface area contributed by atoms with Crippen molar-refractivity contribution in [1.29, 1.82) is 0 Å². The molecule has 0 heterocycles. The third-order valence-corrected chi connectivity index (χ3v) is 5.49. The summed E-state index contributed by atoms with van der Waals surface area (Å²) in [6, 6.07) is 0. The number of hydrogen-bond donors (Lipinski definition) is 2. The fourth-order valence-corrected chi connectivity index (χ4v) is 3.45. The summed E-state index contributed by atoms with van der Waals surface area (Å²) in [6.07, 6.45) is 11.4. The fraction of sp³-hybridized carbons (Fsp3) is 0.524. The molecule has 1 unspecified atom stereocenters. The zero-order valence-electron chi connectivity index (χ0n) is 15.6. The summed E-state index contributed by atoms with van der Waals surface area (Å²) in [7, 11) is 0. The van der Waals surface area contributed by atoms with Crippen LogP contribution in [0.5, 0.6) is 0 Å². The maximum atomic E-state index is 12.1. The first-order valence-corrected chi connectivity index (χ1v) is 9.06. The van der Waals surface area contributed by atoms with Crippen LogP contribution in [-0.2, 0) is 14.3 Å². The van der Waals surface area contributed by atoms with Crippen LogP contribution in [0.2, 0.25) is 0 Å². The van der Waals surface area contributed by atoms with E-state index in [1.807, 2.05) is 32.9 Å². The summed E-state index contributed by atoms with van der Waals surface area (Å²) in [4.78, 5) is 23.8. The minimum Gasteiger partial charge on any atom is -0.455 e. The minimum atomic E-state index is -1.00. The Bertz CT molecular complexity index is 657. The number of ketones is 1. The van der Waals surface area contributed by atoms with Gasteiger partial charge in [-0.2, -0.15) is 0 Å². The van der Waals surface area contributed by atoms with E-state index in [2.05, 4.69) is 0 Å². The van der Waals surface area contributed by atoms with Crippen LogP contribution in [0.3, 0.4) is 0 Å². The Morgan fingerprint density at radius 3 is 2.88 bits per heavy atom. The van der Waals surface area contributed by atoms with Crippen LogP contribution in [0.1, 0.15) is 33.6 Å². The van der Waals surface area contributed by atoms with Crippen LogP contribution in [0.4, 0.5) is 0 Å². The van der Waals surface area contributed by atoms with Crippen molar-refractivity contribution in [3.63, 3.8) is 0 Å². The second-order valence-electron chi connectivity index (χ2n) is 7.42. The zero-order chi connectivity index (χ0) is 19.3. The van der Waals surface area contributed by atoms with Gasteiger partial charge in [-0.3, -0.25) is 4.79 Å². The van der Waals surface area contributed by atoms with Gasteiger partial charge in [0.2, 0.25) is 0 Å². The molecule has 26 heavy (non-hydrogen) atoms. The van der Waals surface area contributed by atoms with Gasteiger partial charge >= 0.3 is 5.97 Å². The van der Waals surface area contributed by atoms with E-state index in [1.165, 1.54) is 12.2 Å². The first-order valence-electron chi connectivity index (χ1n) is 9.06. The van der Waals surface area contributed by atoms with Gasteiger partial charge in [-0.25, -0.2) is 4.79 Å². The average Bonchev–Trinajstić information content (AvgIpc) is 2.58. The molecule has 0 saturated carbocycles. The second-order valence-corrected chi connectivity index (χ2v) is 7.42. The summed E-state index contributed by atoms with van der Waals surface area (Å²) in [6.45, 7) is 6.09. The summed E-state index contributed by atoms with van der Waals surface area (Å²) in [5.41, 5.74) is 0.472. The fourth-order valence-electron chi connectivity index (χ4n) is 3.45. The summed E-state index contributed by atoms with van der Waals surface area (Å²) >= 11 is 0. The molecule has 0 radical (unpaired) electrons. The first kappa shape index (κ1) is 20.3. The average molecular weight is 360 g/mol. The molecule has 142 valence electrons. The number of carbonyl (C=O) groups excluding carboxylic acids is 2. The van der Waals surface area contributed by atoms with Crippen molar-refractivity contribution in [2.24, 2.45) is 17.3 Å². The maximum Gasteiger partial charge on any atom is 0.331 e. The Hall–Kier alpha value is -1.98. The van der Waals surface area contributed by atoms with Crippen molar-refractivity contribution in [1.82, 2.24) is 0 Å². The molecule has 2 N–H and O–H groups in total. The van der Waals surface area contributed by atoms with Crippen LogP contribution in [0.25, 0.3) is 0 Å². The topological polar surface area (TPSA) is 83.8 Å². The standard InChI is InChI=1S/C21H28O5/c1-14(10-11-22)6-4-5-7-20(25)26-19-9-8-16-12-17(23)18(24)13-21(16,3)15(19)2/h4-9,12,14-15,18-19,22,24H,10-11,13H2,1-3H3/b6-4+,7-5+/t14?,15-,18+,19-,21+/m0/s1. The SMILES string of the molecule is CC(/C=C/C=C/C(=O)O[C@H]1C=CC2=CC(=O)[C@H](O)C[C@]2(C)[C@H]1C)CCO. The predicted molar refractivity (Wildman–Crippen MR) is 99.2 cm³/mol. The molecule has 0 bridgehead atoms. The third kappa shape index (κ3) is 4.59. The van der Waals surface area contributed by atoms with Gasteiger partial charge in [0.05, 0.1) is 0 Å². The molecule has 0 aromatic heterocycles. The van der Waals surface area contributed by atoms with Crippen molar-refractivity contribution in [2.75, 3.05) is 6.61 Å². The lowest BCUT2D eigenvalue weighted by Gasteiger charge is -2.45. The van der Waals surface area contributed by atoms with E-state index in [9.17, 15) is 14.7 Å². The lowest BCUT2D eigenvalue weighted by Crippen LogP contribution is -2.45. The smallest absolute Gasteiger partial charge is 0.331 e. The number of esters is 1. The highest BCUT2D eigenvalue weighted by molar-refractivity contribution is 5.96.